The molecule has 0 aromatic carbocycles. The quantitative estimate of drug-likeness (QED) is 0.386. The van der Waals surface area contributed by atoms with E-state index in [1.807, 2.05) is 0 Å². The van der Waals surface area contributed by atoms with Crippen molar-refractivity contribution in [3.8, 4) is 0 Å². The summed E-state index contributed by atoms with van der Waals surface area (Å²) in [5.41, 5.74) is 0.860. The van der Waals surface area contributed by atoms with E-state index in [1.165, 1.54) is 18.4 Å². The number of ketones is 1. The third-order valence-corrected chi connectivity index (χ3v) is 12.7. The van der Waals surface area contributed by atoms with Gasteiger partial charge in [-0.2, -0.15) is 0 Å². The highest BCUT2D eigenvalue weighted by Gasteiger charge is 2.71. The van der Waals surface area contributed by atoms with Crippen LogP contribution in [0.4, 0.5) is 0 Å². The lowest BCUT2D eigenvalue weighted by Gasteiger charge is -2.64. The monoisotopic (exact) mass is 514 g/mol. The molecule has 4 nitrogen and oxygen atoms in total. The molecule has 3 saturated carbocycles. The number of hydrogen-bond acceptors (Lipinski definition) is 4. The van der Waals surface area contributed by atoms with Crippen LogP contribution < -0.4 is 0 Å². The molecule has 1 saturated heterocycles. The van der Waals surface area contributed by atoms with Gasteiger partial charge in [0, 0.05) is 12.8 Å². The molecule has 210 valence electrons. The second kappa shape index (κ2) is 10.4. The number of allylic oxidation sites excluding steroid dienone is 1. The van der Waals surface area contributed by atoms with E-state index in [0.29, 0.717) is 53.6 Å². The standard InChI is InChI=1S/C33H54O4/c1-7-22-23(8-2)29-26(31(5)15-12-21(34)20-27(22)31)13-16-32(6)30(29)24(9-3)25(10-4)33(32,35)17-14-28-36-18-11-19-37-28/h20,22-26,28-30,35H,7-19H2,1-6H3/t22?,23?,24?,25?,26-,29-,30+,31-,32+,33?/m1/s1. The van der Waals surface area contributed by atoms with Gasteiger partial charge in [-0.1, -0.05) is 66.4 Å². The number of hydrogen-bond donors (Lipinski definition) is 1. The van der Waals surface area contributed by atoms with Crippen LogP contribution in [-0.4, -0.2) is 36.0 Å². The lowest BCUT2D eigenvalue weighted by Crippen LogP contribution is -2.59. The fraction of sp³-hybridized carbons (Fsp3) is 0.909. The topological polar surface area (TPSA) is 55.8 Å². The highest BCUT2D eigenvalue weighted by molar-refractivity contribution is 5.91. The first-order chi connectivity index (χ1) is 17.7. The van der Waals surface area contributed by atoms with Crippen molar-refractivity contribution in [2.24, 2.45) is 52.3 Å². The Hall–Kier alpha value is -0.710. The average molecular weight is 515 g/mol. The first-order valence-electron chi connectivity index (χ1n) is 15.9. The molecule has 37 heavy (non-hydrogen) atoms. The zero-order valence-corrected chi connectivity index (χ0v) is 24.6. The fourth-order valence-corrected chi connectivity index (χ4v) is 11.2. The molecule has 10 atom stereocenters. The number of carbonyl (C=O) groups excluding carboxylic acids is 1. The van der Waals surface area contributed by atoms with Gasteiger partial charge in [0.1, 0.15) is 0 Å². The van der Waals surface area contributed by atoms with Crippen molar-refractivity contribution in [2.45, 2.75) is 124 Å². The SMILES string of the molecule is CCC1C2=CC(=O)CC[C@]2(C)[C@@H]2CC[C@@]3(C)[C@@H](C(CC)C(CC)C3(O)CCC3OCCCO3)[C@@H]2C1CC. The molecule has 5 aliphatic rings. The van der Waals surface area contributed by atoms with Crippen molar-refractivity contribution in [1.29, 1.82) is 0 Å². The summed E-state index contributed by atoms with van der Waals surface area (Å²) in [6, 6.07) is 0. The van der Waals surface area contributed by atoms with Crippen molar-refractivity contribution >= 4 is 5.78 Å². The van der Waals surface area contributed by atoms with E-state index < -0.39 is 5.60 Å². The largest absolute Gasteiger partial charge is 0.389 e. The summed E-state index contributed by atoms with van der Waals surface area (Å²) < 4.78 is 11.9. The van der Waals surface area contributed by atoms with Crippen LogP contribution in [0.2, 0.25) is 0 Å². The van der Waals surface area contributed by atoms with E-state index in [2.05, 4.69) is 47.6 Å². The van der Waals surface area contributed by atoms with E-state index in [1.54, 1.807) is 0 Å². The highest BCUT2D eigenvalue weighted by Crippen LogP contribution is 2.73. The lowest BCUT2D eigenvalue weighted by atomic mass is 9.41. The van der Waals surface area contributed by atoms with Gasteiger partial charge in [0.25, 0.3) is 0 Å². The molecule has 0 spiro atoms. The first-order valence-corrected chi connectivity index (χ1v) is 15.9. The zero-order valence-electron chi connectivity index (χ0n) is 24.6. The predicted octanol–water partition coefficient (Wildman–Crippen LogP) is 7.34. The van der Waals surface area contributed by atoms with Crippen LogP contribution >= 0.6 is 0 Å². The van der Waals surface area contributed by atoms with Crippen LogP contribution in [0.25, 0.3) is 0 Å². The minimum atomic E-state index is -0.679. The van der Waals surface area contributed by atoms with Crippen LogP contribution in [-0.2, 0) is 14.3 Å². The summed E-state index contributed by atoms with van der Waals surface area (Å²) in [7, 11) is 0. The Morgan fingerprint density at radius 2 is 1.68 bits per heavy atom. The van der Waals surface area contributed by atoms with Crippen LogP contribution in [0, 0.1) is 52.3 Å². The second-order valence-corrected chi connectivity index (χ2v) is 13.8. The highest BCUT2D eigenvalue weighted by atomic mass is 16.7. The minimum Gasteiger partial charge on any atom is -0.389 e. The van der Waals surface area contributed by atoms with Crippen molar-refractivity contribution in [2.75, 3.05) is 13.2 Å². The summed E-state index contributed by atoms with van der Waals surface area (Å²) in [6.45, 7) is 16.0. The van der Waals surface area contributed by atoms with Crippen LogP contribution in [0.1, 0.15) is 112 Å². The maximum Gasteiger partial charge on any atom is 0.157 e. The molecular weight excluding hydrogens is 460 g/mol. The predicted molar refractivity (Wildman–Crippen MR) is 148 cm³/mol. The summed E-state index contributed by atoms with van der Waals surface area (Å²) in [4.78, 5) is 12.6. The van der Waals surface area contributed by atoms with Gasteiger partial charge >= 0.3 is 0 Å². The molecule has 4 fully saturated rings. The third kappa shape index (κ3) is 4.05. The number of ether oxygens (including phenoxy) is 2. The number of rotatable bonds is 7. The number of aliphatic hydroxyl groups is 1. The van der Waals surface area contributed by atoms with Gasteiger partial charge in [-0.15, -0.1) is 0 Å². The smallest absolute Gasteiger partial charge is 0.157 e. The molecule has 0 aromatic rings. The van der Waals surface area contributed by atoms with Crippen LogP contribution in [0.3, 0.4) is 0 Å². The number of carbonyl (C=O) groups is 1. The molecule has 1 N–H and O–H groups in total. The number of fused-ring (bicyclic) bond motifs is 5. The normalized spacial score (nSPS) is 48.2. The van der Waals surface area contributed by atoms with Crippen molar-refractivity contribution in [1.82, 2.24) is 0 Å². The molecule has 0 aromatic heterocycles. The Labute approximate surface area is 226 Å². The first kappa shape index (κ1) is 27.8. The molecule has 1 heterocycles. The van der Waals surface area contributed by atoms with E-state index in [0.717, 1.165) is 64.6 Å². The average Bonchev–Trinajstić information content (AvgIpc) is 3.10. The zero-order chi connectivity index (χ0) is 26.6. The Kier molecular flexibility index (Phi) is 7.79. The van der Waals surface area contributed by atoms with Gasteiger partial charge in [-0.3, -0.25) is 4.79 Å². The third-order valence-electron chi connectivity index (χ3n) is 12.7. The Morgan fingerprint density at radius 3 is 2.30 bits per heavy atom. The van der Waals surface area contributed by atoms with Gasteiger partial charge in [-0.25, -0.2) is 0 Å². The van der Waals surface area contributed by atoms with E-state index in [4.69, 9.17) is 9.47 Å². The van der Waals surface area contributed by atoms with Gasteiger partial charge in [-0.05, 0) is 96.9 Å². The van der Waals surface area contributed by atoms with Crippen molar-refractivity contribution < 1.29 is 19.4 Å². The van der Waals surface area contributed by atoms with Crippen molar-refractivity contribution in [3.63, 3.8) is 0 Å². The minimum absolute atomic E-state index is 0.0854. The van der Waals surface area contributed by atoms with Gasteiger partial charge in [0.15, 0.2) is 12.1 Å². The van der Waals surface area contributed by atoms with E-state index in [9.17, 15) is 9.90 Å². The lowest BCUT2D eigenvalue weighted by molar-refractivity contribution is -0.201. The molecule has 4 aliphatic carbocycles. The molecular formula is C33H54O4. The van der Waals surface area contributed by atoms with Gasteiger partial charge in [0.05, 0.1) is 18.8 Å². The molecule has 0 amide bonds. The maximum atomic E-state index is 12.9. The van der Waals surface area contributed by atoms with E-state index >= 15 is 0 Å². The van der Waals surface area contributed by atoms with Gasteiger partial charge in [0.2, 0.25) is 0 Å². The molecule has 5 unspecified atom stereocenters. The van der Waals surface area contributed by atoms with E-state index in [-0.39, 0.29) is 17.1 Å². The summed E-state index contributed by atoms with van der Waals surface area (Å²) in [5, 5.41) is 12.9. The van der Waals surface area contributed by atoms with Crippen molar-refractivity contribution in [3.05, 3.63) is 11.6 Å². The Balaban J connectivity index is 1.56. The Morgan fingerprint density at radius 1 is 0.973 bits per heavy atom. The molecule has 4 heteroatoms. The second-order valence-electron chi connectivity index (χ2n) is 13.8. The van der Waals surface area contributed by atoms with Crippen LogP contribution in [0.5, 0.6) is 0 Å². The summed E-state index contributed by atoms with van der Waals surface area (Å²) in [6.07, 6.45) is 12.9. The maximum absolute atomic E-state index is 12.9. The van der Waals surface area contributed by atoms with Gasteiger partial charge < -0.3 is 14.6 Å². The molecule has 5 rings (SSSR count). The fourth-order valence-electron chi connectivity index (χ4n) is 11.2. The summed E-state index contributed by atoms with van der Waals surface area (Å²) in [5.74, 6) is 4.10. The Bertz CT molecular complexity index is 876. The summed E-state index contributed by atoms with van der Waals surface area (Å²) >= 11 is 0. The molecule has 0 bridgehead atoms. The van der Waals surface area contributed by atoms with Crippen LogP contribution in [0.15, 0.2) is 11.6 Å². The molecule has 1 aliphatic heterocycles. The molecule has 0 radical (unpaired) electrons.